The van der Waals surface area contributed by atoms with Crippen LogP contribution in [0.5, 0.6) is 11.5 Å². The van der Waals surface area contributed by atoms with Crippen LogP contribution in [0, 0.1) is 11.3 Å². The third-order valence-electron chi connectivity index (χ3n) is 7.47. The molecule has 212 valence electrons. The number of nitriles is 1. The zero-order valence-electron chi connectivity index (χ0n) is 24.2. The van der Waals surface area contributed by atoms with E-state index in [4.69, 9.17) is 25.0 Å². The molecule has 0 spiro atoms. The molecule has 0 atom stereocenters. The highest BCUT2D eigenvalue weighted by atomic mass is 16.5. The second-order valence-electron chi connectivity index (χ2n) is 10.5. The molecular formula is C40H26N4O. The molecule has 0 unspecified atom stereocenters. The predicted octanol–water partition coefficient (Wildman–Crippen LogP) is 9.87. The molecule has 0 bridgehead atoms. The Balaban J connectivity index is 1.08. The third-order valence-corrected chi connectivity index (χ3v) is 7.47. The number of hydrogen-bond acceptors (Lipinski definition) is 5. The molecule has 0 aliphatic heterocycles. The van der Waals surface area contributed by atoms with Crippen LogP contribution in [0.15, 0.2) is 158 Å². The number of ether oxygens (including phenoxy) is 1. The highest BCUT2D eigenvalue weighted by Gasteiger charge is 2.12. The van der Waals surface area contributed by atoms with Crippen LogP contribution < -0.4 is 4.74 Å². The average Bonchev–Trinajstić information content (AvgIpc) is 3.13. The lowest BCUT2D eigenvalue weighted by atomic mass is 10.00. The summed E-state index contributed by atoms with van der Waals surface area (Å²) in [4.78, 5) is 14.4. The topological polar surface area (TPSA) is 71.7 Å². The Hall–Kier alpha value is -6.38. The van der Waals surface area contributed by atoms with E-state index < -0.39 is 0 Å². The van der Waals surface area contributed by atoms with Gasteiger partial charge >= 0.3 is 0 Å². The van der Waals surface area contributed by atoms with Crippen molar-refractivity contribution in [2.45, 2.75) is 0 Å². The van der Waals surface area contributed by atoms with Gasteiger partial charge in [-0.05, 0) is 70.8 Å². The van der Waals surface area contributed by atoms with Gasteiger partial charge in [-0.25, -0.2) is 15.0 Å². The van der Waals surface area contributed by atoms with Gasteiger partial charge in [-0.2, -0.15) is 5.26 Å². The van der Waals surface area contributed by atoms with Gasteiger partial charge in [0.15, 0.2) is 17.5 Å². The Labute approximate surface area is 261 Å². The Morgan fingerprint density at radius 3 is 1.04 bits per heavy atom. The smallest absolute Gasteiger partial charge is 0.164 e. The standard InChI is InChI=1S/C40H26N4O/c41-27-28-11-13-29(14-12-28)30-15-17-31(18-16-30)32-19-23-36(24-20-32)45-37-25-21-35(22-26-37)40-43-38(33-7-3-1-4-8-33)42-39(44-40)34-9-5-2-6-10-34/h1-26H. The summed E-state index contributed by atoms with van der Waals surface area (Å²) in [6.07, 6.45) is 0. The number of hydrogen-bond donors (Lipinski definition) is 0. The maximum atomic E-state index is 9.04. The zero-order valence-corrected chi connectivity index (χ0v) is 24.2. The quantitative estimate of drug-likeness (QED) is 0.188. The van der Waals surface area contributed by atoms with Gasteiger partial charge in [-0.3, -0.25) is 0 Å². The van der Waals surface area contributed by atoms with E-state index in [1.165, 1.54) is 0 Å². The van der Waals surface area contributed by atoms with Crippen LogP contribution >= 0.6 is 0 Å². The van der Waals surface area contributed by atoms with Crippen LogP contribution in [0.4, 0.5) is 0 Å². The molecule has 6 aromatic carbocycles. The summed E-state index contributed by atoms with van der Waals surface area (Å²) in [7, 11) is 0. The van der Waals surface area contributed by atoms with Gasteiger partial charge < -0.3 is 4.74 Å². The normalized spacial score (nSPS) is 10.6. The molecule has 0 saturated carbocycles. The molecule has 5 heteroatoms. The Bertz CT molecular complexity index is 2030. The average molecular weight is 579 g/mol. The molecule has 45 heavy (non-hydrogen) atoms. The first kappa shape index (κ1) is 27.5. The summed E-state index contributed by atoms with van der Waals surface area (Å²) in [6, 6.07) is 53.9. The molecule has 1 heterocycles. The van der Waals surface area contributed by atoms with E-state index in [2.05, 4.69) is 42.5 Å². The van der Waals surface area contributed by atoms with E-state index in [1.807, 2.05) is 121 Å². The van der Waals surface area contributed by atoms with Crippen molar-refractivity contribution < 1.29 is 4.74 Å². The van der Waals surface area contributed by atoms with Crippen molar-refractivity contribution in [3.63, 3.8) is 0 Å². The first-order valence-electron chi connectivity index (χ1n) is 14.6. The second kappa shape index (κ2) is 12.5. The van der Waals surface area contributed by atoms with Gasteiger partial charge in [0, 0.05) is 16.7 Å². The monoisotopic (exact) mass is 578 g/mol. The van der Waals surface area contributed by atoms with Gasteiger partial charge in [-0.15, -0.1) is 0 Å². The van der Waals surface area contributed by atoms with Gasteiger partial charge in [0.1, 0.15) is 11.5 Å². The molecule has 5 nitrogen and oxygen atoms in total. The number of benzene rings is 6. The van der Waals surface area contributed by atoms with Gasteiger partial charge in [0.05, 0.1) is 11.6 Å². The molecular weight excluding hydrogens is 552 g/mol. The lowest BCUT2D eigenvalue weighted by Gasteiger charge is -2.10. The number of nitrogens with zero attached hydrogens (tertiary/aromatic N) is 4. The van der Waals surface area contributed by atoms with E-state index in [0.29, 0.717) is 23.0 Å². The molecule has 7 rings (SSSR count). The molecule has 7 aromatic rings. The van der Waals surface area contributed by atoms with Crippen molar-refractivity contribution in [3.8, 4) is 74.0 Å². The molecule has 0 aliphatic carbocycles. The zero-order chi connectivity index (χ0) is 30.4. The first-order chi connectivity index (χ1) is 22.2. The van der Waals surface area contributed by atoms with E-state index in [9.17, 15) is 0 Å². The largest absolute Gasteiger partial charge is 0.457 e. The van der Waals surface area contributed by atoms with Crippen LogP contribution in [0.25, 0.3) is 56.4 Å². The van der Waals surface area contributed by atoms with Gasteiger partial charge in [0.2, 0.25) is 0 Å². The second-order valence-corrected chi connectivity index (χ2v) is 10.5. The van der Waals surface area contributed by atoms with Crippen molar-refractivity contribution in [2.24, 2.45) is 0 Å². The van der Waals surface area contributed by atoms with Crippen LogP contribution in [0.2, 0.25) is 0 Å². The summed E-state index contributed by atoms with van der Waals surface area (Å²) >= 11 is 0. The van der Waals surface area contributed by atoms with Gasteiger partial charge in [-0.1, -0.05) is 109 Å². The van der Waals surface area contributed by atoms with E-state index in [0.717, 1.165) is 50.4 Å². The predicted molar refractivity (Wildman–Crippen MR) is 178 cm³/mol. The minimum atomic E-state index is 0.601. The molecule has 0 radical (unpaired) electrons. The number of rotatable bonds is 7. The van der Waals surface area contributed by atoms with Crippen molar-refractivity contribution in [1.82, 2.24) is 15.0 Å². The lowest BCUT2D eigenvalue weighted by molar-refractivity contribution is 0.483. The van der Waals surface area contributed by atoms with Crippen molar-refractivity contribution in [2.75, 3.05) is 0 Å². The van der Waals surface area contributed by atoms with Crippen LogP contribution in [0.1, 0.15) is 5.56 Å². The van der Waals surface area contributed by atoms with Gasteiger partial charge in [0.25, 0.3) is 0 Å². The van der Waals surface area contributed by atoms with E-state index >= 15 is 0 Å². The Kier molecular flexibility index (Phi) is 7.60. The Morgan fingerprint density at radius 1 is 0.356 bits per heavy atom. The van der Waals surface area contributed by atoms with Crippen LogP contribution in [-0.4, -0.2) is 15.0 Å². The highest BCUT2D eigenvalue weighted by molar-refractivity contribution is 5.71. The molecule has 0 fully saturated rings. The molecule has 0 saturated heterocycles. The third kappa shape index (κ3) is 6.22. The molecule has 1 aromatic heterocycles. The van der Waals surface area contributed by atoms with Crippen molar-refractivity contribution in [1.29, 1.82) is 5.26 Å². The molecule has 0 N–H and O–H groups in total. The lowest BCUT2D eigenvalue weighted by Crippen LogP contribution is -2.00. The SMILES string of the molecule is N#Cc1ccc(-c2ccc(-c3ccc(Oc4ccc(-c5nc(-c6ccccc6)nc(-c6ccccc6)n5)cc4)cc3)cc2)cc1. The summed E-state index contributed by atoms with van der Waals surface area (Å²) in [5, 5.41) is 9.04. The Morgan fingerprint density at radius 2 is 0.667 bits per heavy atom. The summed E-state index contributed by atoms with van der Waals surface area (Å²) in [5.41, 5.74) is 7.81. The van der Waals surface area contributed by atoms with Crippen molar-refractivity contribution >= 4 is 0 Å². The van der Waals surface area contributed by atoms with E-state index in [1.54, 1.807) is 0 Å². The fourth-order valence-electron chi connectivity index (χ4n) is 5.05. The summed E-state index contributed by atoms with van der Waals surface area (Å²) < 4.78 is 6.17. The van der Waals surface area contributed by atoms with Crippen molar-refractivity contribution in [3.05, 3.63) is 163 Å². The summed E-state index contributed by atoms with van der Waals surface area (Å²) in [6.45, 7) is 0. The van der Waals surface area contributed by atoms with E-state index in [-0.39, 0.29) is 0 Å². The maximum Gasteiger partial charge on any atom is 0.164 e. The molecule has 0 aliphatic rings. The van der Waals surface area contributed by atoms with Crippen LogP contribution in [-0.2, 0) is 0 Å². The minimum Gasteiger partial charge on any atom is -0.457 e. The summed E-state index contributed by atoms with van der Waals surface area (Å²) in [5.74, 6) is 3.33. The molecule has 0 amide bonds. The fraction of sp³-hybridized carbons (Fsp3) is 0. The fourth-order valence-corrected chi connectivity index (χ4v) is 5.05. The minimum absolute atomic E-state index is 0.601. The highest BCUT2D eigenvalue weighted by Crippen LogP contribution is 2.30. The number of aromatic nitrogens is 3. The maximum absolute atomic E-state index is 9.04. The first-order valence-corrected chi connectivity index (χ1v) is 14.6. The van der Waals surface area contributed by atoms with Crippen LogP contribution in [0.3, 0.4) is 0 Å².